The summed E-state index contributed by atoms with van der Waals surface area (Å²) in [6, 6.07) is 3.86. The molecule has 0 radical (unpaired) electrons. The number of rotatable bonds is 3. The van der Waals surface area contributed by atoms with E-state index < -0.39 is 0 Å². The number of piperidine rings is 1. The molecule has 0 amide bonds. The SMILES string of the molecule is O=C(CN1CCCCC1)C1CCCc2cc(Cl)c(Cl)cc21. The summed E-state index contributed by atoms with van der Waals surface area (Å²) in [6.07, 6.45) is 6.73. The maximum absolute atomic E-state index is 12.7. The molecule has 1 unspecified atom stereocenters. The van der Waals surface area contributed by atoms with Crippen molar-refractivity contribution >= 4 is 29.0 Å². The van der Waals surface area contributed by atoms with Crippen LogP contribution in [0.3, 0.4) is 0 Å². The second-order valence-electron chi connectivity index (χ2n) is 6.21. The van der Waals surface area contributed by atoms with E-state index in [4.69, 9.17) is 23.2 Å². The molecule has 114 valence electrons. The third-order valence-corrected chi connectivity index (χ3v) is 5.44. The molecule has 3 rings (SSSR count). The van der Waals surface area contributed by atoms with Gasteiger partial charge in [0.2, 0.25) is 0 Å². The molecule has 1 fully saturated rings. The number of Topliss-reactive ketones (excluding diaryl/α,β-unsaturated/α-hetero) is 1. The molecule has 4 heteroatoms. The van der Waals surface area contributed by atoms with Crippen LogP contribution in [0.5, 0.6) is 0 Å². The molecule has 1 aromatic carbocycles. The average Bonchev–Trinajstić information content (AvgIpc) is 2.49. The first kappa shape index (κ1) is 15.3. The van der Waals surface area contributed by atoms with E-state index >= 15 is 0 Å². The summed E-state index contributed by atoms with van der Waals surface area (Å²) in [5.41, 5.74) is 2.31. The van der Waals surface area contributed by atoms with E-state index in [1.54, 1.807) is 0 Å². The Kier molecular flexibility index (Phi) is 4.88. The second-order valence-corrected chi connectivity index (χ2v) is 7.03. The summed E-state index contributed by atoms with van der Waals surface area (Å²) < 4.78 is 0. The third kappa shape index (κ3) is 3.44. The van der Waals surface area contributed by atoms with Gasteiger partial charge in [0.15, 0.2) is 5.78 Å². The van der Waals surface area contributed by atoms with Crippen molar-refractivity contribution in [2.45, 2.75) is 44.4 Å². The van der Waals surface area contributed by atoms with E-state index in [-0.39, 0.29) is 5.92 Å². The van der Waals surface area contributed by atoms with E-state index in [1.165, 1.54) is 24.8 Å². The maximum atomic E-state index is 12.7. The number of benzene rings is 1. The Morgan fingerprint density at radius 3 is 2.57 bits per heavy atom. The Hall–Kier alpha value is -0.570. The van der Waals surface area contributed by atoms with Crippen molar-refractivity contribution in [3.8, 4) is 0 Å². The molecule has 1 aliphatic carbocycles. The Morgan fingerprint density at radius 2 is 1.81 bits per heavy atom. The number of carbonyl (C=O) groups excluding carboxylic acids is 1. The minimum Gasteiger partial charge on any atom is -0.298 e. The lowest BCUT2D eigenvalue weighted by Crippen LogP contribution is -2.37. The predicted octanol–water partition coefficient (Wildman–Crippen LogP) is 4.47. The molecule has 0 spiro atoms. The van der Waals surface area contributed by atoms with Gasteiger partial charge in [-0.15, -0.1) is 0 Å². The number of halogens is 2. The molecule has 1 heterocycles. The second kappa shape index (κ2) is 6.68. The van der Waals surface area contributed by atoms with Gasteiger partial charge in [0.1, 0.15) is 0 Å². The normalized spacial score (nSPS) is 22.9. The van der Waals surface area contributed by atoms with Crippen LogP contribution in [0.2, 0.25) is 10.0 Å². The van der Waals surface area contributed by atoms with Crippen molar-refractivity contribution in [3.05, 3.63) is 33.3 Å². The van der Waals surface area contributed by atoms with Crippen LogP contribution in [-0.4, -0.2) is 30.3 Å². The molecule has 1 aromatic rings. The molecule has 2 nitrogen and oxygen atoms in total. The Balaban J connectivity index is 1.77. The van der Waals surface area contributed by atoms with E-state index in [9.17, 15) is 4.79 Å². The topological polar surface area (TPSA) is 20.3 Å². The molecular formula is C17H21Cl2NO. The Labute approximate surface area is 136 Å². The smallest absolute Gasteiger partial charge is 0.154 e. The highest BCUT2D eigenvalue weighted by Gasteiger charge is 2.28. The fourth-order valence-electron chi connectivity index (χ4n) is 3.58. The molecule has 0 N–H and O–H groups in total. The van der Waals surface area contributed by atoms with Crippen LogP contribution in [0.15, 0.2) is 12.1 Å². The fraction of sp³-hybridized carbons (Fsp3) is 0.588. The number of ketones is 1. The predicted molar refractivity (Wildman–Crippen MR) is 87.4 cm³/mol. The number of carbonyl (C=O) groups is 1. The van der Waals surface area contributed by atoms with Crippen LogP contribution in [-0.2, 0) is 11.2 Å². The molecule has 1 aliphatic heterocycles. The summed E-state index contributed by atoms with van der Waals surface area (Å²) in [7, 11) is 0. The van der Waals surface area contributed by atoms with Gasteiger partial charge in [-0.25, -0.2) is 0 Å². The summed E-state index contributed by atoms with van der Waals surface area (Å²) >= 11 is 12.3. The standard InChI is InChI=1S/C17H21Cl2NO/c18-15-9-12-5-4-6-13(14(12)10-16(15)19)17(21)11-20-7-2-1-3-8-20/h9-10,13H,1-8,11H2. The van der Waals surface area contributed by atoms with Crippen molar-refractivity contribution in [1.82, 2.24) is 4.90 Å². The summed E-state index contributed by atoms with van der Waals surface area (Å²) in [5.74, 6) is 0.349. The van der Waals surface area contributed by atoms with E-state index in [0.29, 0.717) is 22.4 Å². The number of fused-ring (bicyclic) bond motifs is 1. The minimum atomic E-state index is 0.00504. The Morgan fingerprint density at radius 1 is 1.10 bits per heavy atom. The van der Waals surface area contributed by atoms with Crippen LogP contribution in [0.25, 0.3) is 0 Å². The number of nitrogens with zero attached hydrogens (tertiary/aromatic N) is 1. The first-order valence-corrected chi connectivity index (χ1v) is 8.63. The van der Waals surface area contributed by atoms with Gasteiger partial charge in [-0.1, -0.05) is 29.6 Å². The first-order valence-electron chi connectivity index (χ1n) is 7.88. The number of hydrogen-bond donors (Lipinski definition) is 0. The summed E-state index contributed by atoms with van der Waals surface area (Å²) in [5, 5.41) is 1.16. The van der Waals surface area contributed by atoms with Gasteiger partial charge in [-0.05, 0) is 68.5 Å². The van der Waals surface area contributed by atoms with Crippen LogP contribution in [0.4, 0.5) is 0 Å². The molecule has 0 bridgehead atoms. The highest BCUT2D eigenvalue weighted by atomic mass is 35.5. The lowest BCUT2D eigenvalue weighted by atomic mass is 9.80. The van der Waals surface area contributed by atoms with Gasteiger partial charge >= 0.3 is 0 Å². The van der Waals surface area contributed by atoms with E-state index in [1.807, 2.05) is 12.1 Å². The van der Waals surface area contributed by atoms with Gasteiger partial charge in [0.05, 0.1) is 16.6 Å². The molecule has 1 saturated heterocycles. The molecule has 1 atom stereocenters. The summed E-state index contributed by atoms with van der Waals surface area (Å²) in [4.78, 5) is 15.0. The molecule has 21 heavy (non-hydrogen) atoms. The quantitative estimate of drug-likeness (QED) is 0.817. The van der Waals surface area contributed by atoms with Crippen molar-refractivity contribution in [1.29, 1.82) is 0 Å². The van der Waals surface area contributed by atoms with Gasteiger partial charge in [0, 0.05) is 5.92 Å². The fourth-order valence-corrected chi connectivity index (χ4v) is 3.94. The van der Waals surface area contributed by atoms with Crippen LogP contribution >= 0.6 is 23.2 Å². The largest absolute Gasteiger partial charge is 0.298 e. The zero-order valence-corrected chi connectivity index (χ0v) is 13.7. The van der Waals surface area contributed by atoms with Gasteiger partial charge < -0.3 is 0 Å². The van der Waals surface area contributed by atoms with Gasteiger partial charge in [0.25, 0.3) is 0 Å². The first-order chi connectivity index (χ1) is 10.1. The number of likely N-dealkylation sites (tertiary alicyclic amines) is 1. The zero-order chi connectivity index (χ0) is 14.8. The van der Waals surface area contributed by atoms with Crippen molar-refractivity contribution in [3.63, 3.8) is 0 Å². The molecular weight excluding hydrogens is 305 g/mol. The van der Waals surface area contributed by atoms with Crippen LogP contribution in [0.1, 0.15) is 49.1 Å². The van der Waals surface area contributed by atoms with Gasteiger partial charge in [-0.2, -0.15) is 0 Å². The van der Waals surface area contributed by atoms with E-state index in [2.05, 4.69) is 4.90 Å². The molecule has 2 aliphatic rings. The zero-order valence-electron chi connectivity index (χ0n) is 12.2. The molecule has 0 aromatic heterocycles. The number of aryl methyl sites for hydroxylation is 1. The highest BCUT2D eigenvalue weighted by Crippen LogP contribution is 2.37. The van der Waals surface area contributed by atoms with Gasteiger partial charge in [-0.3, -0.25) is 9.69 Å². The maximum Gasteiger partial charge on any atom is 0.154 e. The Bertz CT molecular complexity index is 538. The molecule has 0 saturated carbocycles. The lowest BCUT2D eigenvalue weighted by molar-refractivity contribution is -0.122. The average molecular weight is 326 g/mol. The van der Waals surface area contributed by atoms with Crippen molar-refractivity contribution < 1.29 is 4.79 Å². The third-order valence-electron chi connectivity index (χ3n) is 4.71. The van der Waals surface area contributed by atoms with Crippen molar-refractivity contribution in [2.24, 2.45) is 0 Å². The van der Waals surface area contributed by atoms with Crippen molar-refractivity contribution in [2.75, 3.05) is 19.6 Å². The monoisotopic (exact) mass is 325 g/mol. The highest BCUT2D eigenvalue weighted by molar-refractivity contribution is 6.42. The lowest BCUT2D eigenvalue weighted by Gasteiger charge is -2.30. The summed E-state index contributed by atoms with van der Waals surface area (Å²) in [6.45, 7) is 2.71. The minimum absolute atomic E-state index is 0.00504. The van der Waals surface area contributed by atoms with E-state index in [0.717, 1.165) is 37.9 Å². The van der Waals surface area contributed by atoms with Crippen LogP contribution in [0, 0.1) is 0 Å². The van der Waals surface area contributed by atoms with Crippen LogP contribution < -0.4 is 0 Å². The number of hydrogen-bond acceptors (Lipinski definition) is 2.